The van der Waals surface area contributed by atoms with Crippen LogP contribution in [0.15, 0.2) is 69.9 Å². The predicted molar refractivity (Wildman–Crippen MR) is 108 cm³/mol. The van der Waals surface area contributed by atoms with Crippen molar-refractivity contribution >= 4 is 39.2 Å². The number of fused-ring (bicyclic) bond motifs is 2. The number of nitro groups is 1. The number of rotatable bonds is 4. The number of carbonyl (C=O) groups excluding carboxylic acids is 1. The van der Waals surface area contributed by atoms with Crippen molar-refractivity contribution in [1.29, 1.82) is 0 Å². The first-order valence-corrected chi connectivity index (χ1v) is 8.57. The number of nitro benzene ring substituents is 1. The number of carbonyl (C=O) groups is 1. The highest BCUT2D eigenvalue weighted by molar-refractivity contribution is 6.05. The van der Waals surface area contributed by atoms with E-state index in [0.717, 1.165) is 0 Å². The van der Waals surface area contributed by atoms with Crippen molar-refractivity contribution in [3.8, 4) is 5.75 Å². The Morgan fingerprint density at radius 2 is 1.86 bits per heavy atom. The summed E-state index contributed by atoms with van der Waals surface area (Å²) in [5, 5.41) is 14.3. The Hall–Kier alpha value is -4.20. The van der Waals surface area contributed by atoms with Crippen molar-refractivity contribution in [2.45, 2.75) is 0 Å². The first-order valence-electron chi connectivity index (χ1n) is 8.57. The highest BCUT2D eigenvalue weighted by Crippen LogP contribution is 2.28. The summed E-state index contributed by atoms with van der Waals surface area (Å²) in [5.74, 6) is -0.0960. The van der Waals surface area contributed by atoms with Gasteiger partial charge >= 0.3 is 0 Å². The van der Waals surface area contributed by atoms with Gasteiger partial charge in [-0.2, -0.15) is 0 Å². The van der Waals surface area contributed by atoms with Crippen LogP contribution < -0.4 is 15.5 Å². The fourth-order valence-corrected chi connectivity index (χ4v) is 3.05. The maximum absolute atomic E-state index is 12.7. The second kappa shape index (κ2) is 7.08. The summed E-state index contributed by atoms with van der Waals surface area (Å²) in [6.45, 7) is 0. The molecule has 1 N–H and O–H groups in total. The number of para-hydroxylation sites is 1. The Labute approximate surface area is 163 Å². The van der Waals surface area contributed by atoms with Gasteiger partial charge in [-0.05, 0) is 30.3 Å². The molecule has 0 unspecified atom stereocenters. The van der Waals surface area contributed by atoms with Crippen molar-refractivity contribution in [1.82, 2.24) is 0 Å². The summed E-state index contributed by atoms with van der Waals surface area (Å²) < 4.78 is 11.1. The Balaban J connectivity index is 1.74. The average Bonchev–Trinajstić information content (AvgIpc) is 2.73. The zero-order valence-corrected chi connectivity index (χ0v) is 15.2. The molecule has 0 aliphatic rings. The van der Waals surface area contributed by atoms with Gasteiger partial charge in [0.1, 0.15) is 5.58 Å². The van der Waals surface area contributed by atoms with Gasteiger partial charge in [-0.1, -0.05) is 12.1 Å². The fraction of sp³-hybridized carbons (Fsp3) is 0.0476. The van der Waals surface area contributed by atoms with Crippen LogP contribution in [0.2, 0.25) is 0 Å². The van der Waals surface area contributed by atoms with Gasteiger partial charge in [0.15, 0.2) is 11.3 Å². The summed E-state index contributed by atoms with van der Waals surface area (Å²) in [5.41, 5.74) is 0.725. The van der Waals surface area contributed by atoms with Gasteiger partial charge in [0.25, 0.3) is 11.6 Å². The number of amides is 1. The van der Waals surface area contributed by atoms with E-state index in [2.05, 4.69) is 5.32 Å². The summed E-state index contributed by atoms with van der Waals surface area (Å²) >= 11 is 0. The molecule has 29 heavy (non-hydrogen) atoms. The van der Waals surface area contributed by atoms with Gasteiger partial charge in [0.2, 0.25) is 5.43 Å². The molecule has 0 radical (unpaired) electrons. The van der Waals surface area contributed by atoms with E-state index in [9.17, 15) is 19.7 Å². The van der Waals surface area contributed by atoms with E-state index >= 15 is 0 Å². The van der Waals surface area contributed by atoms with Crippen LogP contribution in [0, 0.1) is 10.1 Å². The molecule has 0 spiro atoms. The minimum Gasteiger partial charge on any atom is -0.493 e. The van der Waals surface area contributed by atoms with E-state index in [1.165, 1.54) is 37.4 Å². The summed E-state index contributed by atoms with van der Waals surface area (Å²) in [6.07, 6.45) is 0. The van der Waals surface area contributed by atoms with Gasteiger partial charge in [-0.25, -0.2) is 0 Å². The quantitative estimate of drug-likeness (QED) is 0.319. The summed E-state index contributed by atoms with van der Waals surface area (Å²) in [4.78, 5) is 35.5. The van der Waals surface area contributed by atoms with Crippen molar-refractivity contribution in [2.24, 2.45) is 0 Å². The maximum atomic E-state index is 12.7. The van der Waals surface area contributed by atoms with E-state index in [4.69, 9.17) is 9.15 Å². The van der Waals surface area contributed by atoms with Crippen LogP contribution in [0.25, 0.3) is 21.9 Å². The van der Waals surface area contributed by atoms with Crippen LogP contribution in [-0.4, -0.2) is 17.9 Å². The molecule has 0 fully saturated rings. The largest absolute Gasteiger partial charge is 0.493 e. The fourth-order valence-electron chi connectivity index (χ4n) is 3.05. The third kappa shape index (κ3) is 3.27. The zero-order valence-electron chi connectivity index (χ0n) is 15.2. The van der Waals surface area contributed by atoms with Crippen LogP contribution in [-0.2, 0) is 0 Å². The smallest absolute Gasteiger partial charge is 0.270 e. The Bertz CT molecular complexity index is 1340. The van der Waals surface area contributed by atoms with Gasteiger partial charge in [0.05, 0.1) is 22.8 Å². The van der Waals surface area contributed by atoms with E-state index in [1.54, 1.807) is 30.3 Å². The number of anilines is 1. The van der Waals surface area contributed by atoms with Gasteiger partial charge in [0, 0.05) is 29.4 Å². The molecular formula is C21H14N2O6. The highest BCUT2D eigenvalue weighted by atomic mass is 16.6. The molecule has 4 aromatic rings. The first kappa shape index (κ1) is 18.2. The second-order valence-corrected chi connectivity index (χ2v) is 6.24. The molecule has 4 rings (SSSR count). The molecule has 1 heterocycles. The number of nitrogens with zero attached hydrogens (tertiary/aromatic N) is 1. The van der Waals surface area contributed by atoms with Crippen LogP contribution in [0.4, 0.5) is 11.4 Å². The molecule has 0 aliphatic carbocycles. The zero-order chi connectivity index (χ0) is 20.5. The molecule has 144 valence electrons. The molecular weight excluding hydrogens is 376 g/mol. The standard InChI is InChI=1S/C21H14N2O6/c1-28-17-7-3-6-16-19(24)15-9-8-13(11-18(15)29-20(16)17)22-21(25)12-4-2-5-14(10-12)23(26)27/h2-11H,1H3,(H,22,25). The molecule has 8 nitrogen and oxygen atoms in total. The summed E-state index contributed by atoms with van der Waals surface area (Å²) in [6, 6.07) is 15.1. The normalized spacial score (nSPS) is 10.8. The lowest BCUT2D eigenvalue weighted by Gasteiger charge is -2.08. The molecule has 3 aromatic carbocycles. The van der Waals surface area contributed by atoms with E-state index < -0.39 is 10.8 Å². The number of ether oxygens (including phenoxy) is 1. The second-order valence-electron chi connectivity index (χ2n) is 6.24. The lowest BCUT2D eigenvalue weighted by Crippen LogP contribution is -2.12. The third-order valence-corrected chi connectivity index (χ3v) is 4.46. The van der Waals surface area contributed by atoms with Gasteiger partial charge in [-0.15, -0.1) is 0 Å². The molecule has 0 saturated heterocycles. The van der Waals surface area contributed by atoms with Crippen molar-refractivity contribution < 1.29 is 18.9 Å². The minimum absolute atomic E-state index is 0.140. The number of non-ortho nitro benzene ring substituents is 1. The highest BCUT2D eigenvalue weighted by Gasteiger charge is 2.14. The number of hydrogen-bond acceptors (Lipinski definition) is 6. The van der Waals surface area contributed by atoms with Crippen molar-refractivity contribution in [3.05, 3.63) is 86.6 Å². The SMILES string of the molecule is COc1cccc2c(=O)c3ccc(NC(=O)c4cccc([N+](=O)[O-])c4)cc3oc12. The Morgan fingerprint density at radius 3 is 2.62 bits per heavy atom. The molecule has 0 aliphatic heterocycles. The maximum Gasteiger partial charge on any atom is 0.270 e. The van der Waals surface area contributed by atoms with Gasteiger partial charge in [-0.3, -0.25) is 19.7 Å². The Kier molecular flexibility index (Phi) is 4.44. The lowest BCUT2D eigenvalue weighted by atomic mass is 10.1. The van der Waals surface area contributed by atoms with Crippen molar-refractivity contribution in [2.75, 3.05) is 12.4 Å². The molecule has 1 amide bonds. The Morgan fingerprint density at radius 1 is 1.07 bits per heavy atom. The third-order valence-electron chi connectivity index (χ3n) is 4.46. The van der Waals surface area contributed by atoms with Crippen LogP contribution in [0.5, 0.6) is 5.75 Å². The molecule has 0 bridgehead atoms. The predicted octanol–water partition coefficient (Wildman–Crippen LogP) is 4.12. The number of nitrogens with one attached hydrogen (secondary N) is 1. The molecule has 1 aromatic heterocycles. The molecule has 0 saturated carbocycles. The molecule has 8 heteroatoms. The number of methoxy groups -OCH3 is 1. The topological polar surface area (TPSA) is 112 Å². The lowest BCUT2D eigenvalue weighted by molar-refractivity contribution is -0.384. The average molecular weight is 390 g/mol. The van der Waals surface area contributed by atoms with Crippen molar-refractivity contribution in [3.63, 3.8) is 0 Å². The van der Waals surface area contributed by atoms with Crippen LogP contribution in [0.3, 0.4) is 0 Å². The number of benzene rings is 3. The minimum atomic E-state index is -0.569. The van der Waals surface area contributed by atoms with E-state index in [-0.39, 0.29) is 22.3 Å². The molecule has 0 atom stereocenters. The van der Waals surface area contributed by atoms with E-state index in [0.29, 0.717) is 27.8 Å². The van der Waals surface area contributed by atoms with Gasteiger partial charge < -0.3 is 14.5 Å². The van der Waals surface area contributed by atoms with E-state index in [1.807, 2.05) is 0 Å². The monoisotopic (exact) mass is 390 g/mol. The number of hydrogen-bond donors (Lipinski definition) is 1. The summed E-state index contributed by atoms with van der Waals surface area (Å²) in [7, 11) is 1.48. The van der Waals surface area contributed by atoms with Crippen LogP contribution in [0.1, 0.15) is 10.4 Å². The van der Waals surface area contributed by atoms with Crippen LogP contribution >= 0.6 is 0 Å². The first-order chi connectivity index (χ1) is 14.0.